The van der Waals surface area contributed by atoms with E-state index in [0.717, 1.165) is 13.1 Å². The number of thiophene rings is 1. The number of benzene rings is 2. The van der Waals surface area contributed by atoms with E-state index in [4.69, 9.17) is 0 Å². The maximum absolute atomic E-state index is 2.70. The smallest absolute Gasteiger partial charge is 0.107 e. The summed E-state index contributed by atoms with van der Waals surface area (Å²) in [4.78, 5) is 4.12. The lowest BCUT2D eigenvalue weighted by Gasteiger charge is -2.46. The van der Waals surface area contributed by atoms with Crippen LogP contribution in [0.5, 0.6) is 0 Å². The summed E-state index contributed by atoms with van der Waals surface area (Å²) in [5, 5.41) is 2.21. The van der Waals surface area contributed by atoms with Gasteiger partial charge in [-0.2, -0.15) is 0 Å². The lowest BCUT2D eigenvalue weighted by Crippen LogP contribution is -2.49. The van der Waals surface area contributed by atoms with Gasteiger partial charge in [0.1, 0.15) is 5.54 Å². The highest BCUT2D eigenvalue weighted by atomic mass is 32.1. The number of piperidine rings is 1. The maximum atomic E-state index is 2.70. The van der Waals surface area contributed by atoms with Crippen LogP contribution in [0.25, 0.3) is 0 Å². The summed E-state index contributed by atoms with van der Waals surface area (Å²) in [5.41, 5.74) is 2.58. The fraction of sp³-hybridized carbons (Fsp3) is 0.273. The van der Waals surface area contributed by atoms with Crippen LogP contribution in [-0.2, 0) is 5.54 Å². The topological polar surface area (TPSA) is 3.24 Å². The van der Waals surface area contributed by atoms with E-state index >= 15 is 0 Å². The summed E-state index contributed by atoms with van der Waals surface area (Å²) in [5.74, 6) is 0. The van der Waals surface area contributed by atoms with Crippen molar-refractivity contribution in [1.29, 1.82) is 0 Å². The Morgan fingerprint density at radius 1 is 0.667 bits per heavy atom. The second-order valence-electron chi connectivity index (χ2n) is 6.47. The number of hydrogen-bond acceptors (Lipinski definition) is 2. The van der Waals surface area contributed by atoms with Crippen molar-refractivity contribution < 1.29 is 0 Å². The molecule has 24 heavy (non-hydrogen) atoms. The molecule has 0 unspecified atom stereocenters. The quantitative estimate of drug-likeness (QED) is 0.607. The highest BCUT2D eigenvalue weighted by Crippen LogP contribution is 2.45. The Kier molecular flexibility index (Phi) is 4.50. The van der Waals surface area contributed by atoms with Gasteiger partial charge in [-0.1, -0.05) is 73.2 Å². The number of nitrogens with zero attached hydrogens (tertiary/aromatic N) is 1. The van der Waals surface area contributed by atoms with Crippen LogP contribution in [0.4, 0.5) is 0 Å². The normalized spacial score (nSPS) is 16.2. The van der Waals surface area contributed by atoms with Gasteiger partial charge in [-0.25, -0.2) is 0 Å². The SMILES string of the molecule is c1ccc(C(c2ccccc2)(c2cccs2)N2CCCCC2)cc1. The van der Waals surface area contributed by atoms with Crippen molar-refractivity contribution in [2.75, 3.05) is 13.1 Å². The number of hydrogen-bond donors (Lipinski definition) is 0. The molecule has 0 aliphatic carbocycles. The number of likely N-dealkylation sites (tertiary alicyclic amines) is 1. The fourth-order valence-electron chi connectivity index (χ4n) is 4.04. The molecule has 0 saturated carbocycles. The van der Waals surface area contributed by atoms with Crippen LogP contribution in [0.1, 0.15) is 35.3 Å². The molecule has 2 aromatic carbocycles. The molecular formula is C22H23NS. The van der Waals surface area contributed by atoms with Crippen LogP contribution in [0.15, 0.2) is 78.2 Å². The largest absolute Gasteiger partial charge is 0.285 e. The summed E-state index contributed by atoms with van der Waals surface area (Å²) in [6.07, 6.45) is 3.92. The van der Waals surface area contributed by atoms with E-state index in [2.05, 4.69) is 83.1 Å². The van der Waals surface area contributed by atoms with E-state index in [1.807, 2.05) is 11.3 Å². The van der Waals surface area contributed by atoms with Crippen LogP contribution in [0.2, 0.25) is 0 Å². The first-order chi connectivity index (χ1) is 11.9. The summed E-state index contributed by atoms with van der Waals surface area (Å²) >= 11 is 1.87. The Hall–Kier alpha value is -1.90. The monoisotopic (exact) mass is 333 g/mol. The summed E-state index contributed by atoms with van der Waals surface area (Å²) < 4.78 is 0. The van der Waals surface area contributed by atoms with Gasteiger partial charge in [-0.3, -0.25) is 4.90 Å². The van der Waals surface area contributed by atoms with Gasteiger partial charge in [0.2, 0.25) is 0 Å². The lowest BCUT2D eigenvalue weighted by molar-refractivity contribution is 0.130. The molecule has 1 saturated heterocycles. The first kappa shape index (κ1) is 15.6. The number of rotatable bonds is 4. The van der Waals surface area contributed by atoms with Gasteiger partial charge < -0.3 is 0 Å². The predicted octanol–water partition coefficient (Wildman–Crippen LogP) is 5.53. The Balaban J connectivity index is 1.99. The molecule has 4 rings (SSSR count). The Morgan fingerprint density at radius 2 is 1.25 bits per heavy atom. The van der Waals surface area contributed by atoms with Crippen molar-refractivity contribution in [2.24, 2.45) is 0 Å². The van der Waals surface area contributed by atoms with Gasteiger partial charge in [-0.05, 0) is 48.5 Å². The van der Waals surface area contributed by atoms with E-state index in [1.165, 1.54) is 35.3 Å². The second-order valence-corrected chi connectivity index (χ2v) is 7.42. The van der Waals surface area contributed by atoms with Gasteiger partial charge in [0.25, 0.3) is 0 Å². The molecule has 1 fully saturated rings. The zero-order valence-electron chi connectivity index (χ0n) is 13.9. The zero-order chi connectivity index (χ0) is 16.2. The fourth-order valence-corrected chi connectivity index (χ4v) is 5.04. The Labute approximate surface area is 148 Å². The summed E-state index contributed by atoms with van der Waals surface area (Å²) in [7, 11) is 0. The lowest BCUT2D eigenvalue weighted by atomic mass is 9.78. The summed E-state index contributed by atoms with van der Waals surface area (Å²) in [6.45, 7) is 2.31. The van der Waals surface area contributed by atoms with Crippen LogP contribution in [0, 0.1) is 0 Å². The van der Waals surface area contributed by atoms with E-state index in [0.29, 0.717) is 0 Å². The van der Waals surface area contributed by atoms with Crippen molar-refractivity contribution in [1.82, 2.24) is 4.90 Å². The highest BCUT2D eigenvalue weighted by molar-refractivity contribution is 7.10. The van der Waals surface area contributed by atoms with Gasteiger partial charge in [-0.15, -0.1) is 11.3 Å². The first-order valence-electron chi connectivity index (χ1n) is 8.82. The van der Waals surface area contributed by atoms with Crippen LogP contribution >= 0.6 is 11.3 Å². The second kappa shape index (κ2) is 6.92. The van der Waals surface area contributed by atoms with Crippen molar-refractivity contribution in [3.63, 3.8) is 0 Å². The van der Waals surface area contributed by atoms with E-state index in [9.17, 15) is 0 Å². The molecule has 1 nitrogen and oxygen atoms in total. The predicted molar refractivity (Wildman–Crippen MR) is 103 cm³/mol. The van der Waals surface area contributed by atoms with Gasteiger partial charge in [0.15, 0.2) is 0 Å². The van der Waals surface area contributed by atoms with E-state index < -0.39 is 0 Å². The van der Waals surface area contributed by atoms with Crippen molar-refractivity contribution in [3.05, 3.63) is 94.2 Å². The molecule has 0 bridgehead atoms. The molecule has 0 spiro atoms. The molecule has 2 heteroatoms. The minimum atomic E-state index is -0.170. The molecule has 2 heterocycles. The minimum absolute atomic E-state index is 0.170. The molecule has 1 aliphatic heterocycles. The van der Waals surface area contributed by atoms with Gasteiger partial charge in [0.05, 0.1) is 0 Å². The minimum Gasteiger partial charge on any atom is -0.285 e. The molecule has 1 aromatic heterocycles. The van der Waals surface area contributed by atoms with Crippen molar-refractivity contribution >= 4 is 11.3 Å². The molecule has 3 aromatic rings. The molecule has 122 valence electrons. The van der Waals surface area contributed by atoms with Crippen molar-refractivity contribution in [3.8, 4) is 0 Å². The average molecular weight is 334 g/mol. The average Bonchev–Trinajstić information content (AvgIpc) is 3.20. The zero-order valence-corrected chi connectivity index (χ0v) is 14.7. The van der Waals surface area contributed by atoms with Crippen LogP contribution < -0.4 is 0 Å². The molecule has 0 N–H and O–H groups in total. The molecule has 0 amide bonds. The molecule has 0 atom stereocenters. The molecule has 0 radical (unpaired) electrons. The molecule has 1 aliphatic rings. The Bertz CT molecular complexity index is 704. The third-order valence-electron chi connectivity index (χ3n) is 5.09. The maximum Gasteiger partial charge on any atom is 0.107 e. The van der Waals surface area contributed by atoms with Gasteiger partial charge >= 0.3 is 0 Å². The third kappa shape index (κ3) is 2.60. The molecular weight excluding hydrogens is 310 g/mol. The van der Waals surface area contributed by atoms with E-state index in [-0.39, 0.29) is 5.54 Å². The van der Waals surface area contributed by atoms with Crippen LogP contribution in [-0.4, -0.2) is 18.0 Å². The Morgan fingerprint density at radius 3 is 1.75 bits per heavy atom. The first-order valence-corrected chi connectivity index (χ1v) is 9.70. The third-order valence-corrected chi connectivity index (χ3v) is 6.07. The van der Waals surface area contributed by atoms with Crippen molar-refractivity contribution in [2.45, 2.75) is 24.8 Å². The van der Waals surface area contributed by atoms with Gasteiger partial charge in [0, 0.05) is 4.88 Å². The summed E-state index contributed by atoms with van der Waals surface area (Å²) in [6, 6.07) is 26.6. The van der Waals surface area contributed by atoms with E-state index in [1.54, 1.807) is 0 Å². The van der Waals surface area contributed by atoms with Crippen LogP contribution in [0.3, 0.4) is 0 Å². The highest BCUT2D eigenvalue weighted by Gasteiger charge is 2.43. The standard InChI is InChI=1S/C22H23NS/c1-4-11-19(12-5-1)22(21-15-10-18-24-21,20-13-6-2-7-14-20)23-16-8-3-9-17-23/h1-2,4-7,10-15,18H,3,8-9,16-17H2.